The second kappa shape index (κ2) is 22.7. The summed E-state index contributed by atoms with van der Waals surface area (Å²) in [6, 6.07) is 0. The summed E-state index contributed by atoms with van der Waals surface area (Å²) >= 11 is 3.30. The fraction of sp³-hybridized carbons (Fsp3) is 0.522. The van der Waals surface area contributed by atoms with E-state index in [0.717, 1.165) is 133 Å². The number of ether oxygens (including phenoxy) is 2. The number of aliphatic hydroxyl groups is 2. The molecule has 0 unspecified atom stereocenters. The second-order valence-electron chi connectivity index (χ2n) is 18.5. The first-order chi connectivity index (χ1) is 34.0. The summed E-state index contributed by atoms with van der Waals surface area (Å²) in [6.07, 6.45) is 6.88. The zero-order valence-electron chi connectivity index (χ0n) is 40.5. The number of carbonyl (C=O) groups is 2. The number of nitrogens with two attached hydrogens (primary N) is 2. The van der Waals surface area contributed by atoms with Gasteiger partial charge in [0, 0.05) is 139 Å². The first-order valence-electron chi connectivity index (χ1n) is 23.5. The van der Waals surface area contributed by atoms with Gasteiger partial charge in [-0.1, -0.05) is 0 Å². The van der Waals surface area contributed by atoms with Crippen LogP contribution in [0.2, 0.25) is 0 Å². The molecule has 0 aromatic carbocycles. The molecule has 4 aliphatic heterocycles. The second-order valence-corrected chi connectivity index (χ2v) is 20.3. The Morgan fingerprint density at radius 1 is 0.620 bits per heavy atom. The van der Waals surface area contributed by atoms with Gasteiger partial charge in [-0.15, -0.1) is 22.7 Å². The molecule has 23 nitrogen and oxygen atoms in total. The van der Waals surface area contributed by atoms with Gasteiger partial charge in [-0.3, -0.25) is 14.6 Å². The number of carboxylic acid groups (broad SMARTS) is 1. The SMILES string of the molecule is CC(C)(O)C(=O)N1CCN(Cc2csc3c(-c4cnc(N)nc4)nc(N4CCOCC4)nc23)CC1.CC(C)(O)C(=O)O.Nc1ncc(-c2nc(N3CCOCC3)nc3c(CN4CCNCC4)csc23)cn1. The van der Waals surface area contributed by atoms with Crippen molar-refractivity contribution < 1.29 is 34.4 Å². The van der Waals surface area contributed by atoms with Crippen LogP contribution in [0.4, 0.5) is 23.8 Å². The third kappa shape index (κ3) is 13.0. The molecular weight excluding hydrogens is 953 g/mol. The molecule has 71 heavy (non-hydrogen) atoms. The van der Waals surface area contributed by atoms with Gasteiger partial charge in [0.1, 0.15) is 5.60 Å². The number of aromatic nitrogens is 8. The van der Waals surface area contributed by atoms with Gasteiger partial charge in [0.2, 0.25) is 23.8 Å². The lowest BCUT2D eigenvalue weighted by molar-refractivity contribution is -0.154. The Hall–Kier alpha value is -5.90. The van der Waals surface area contributed by atoms with E-state index < -0.39 is 17.2 Å². The molecule has 0 radical (unpaired) electrons. The number of aliphatic carboxylic acids is 1. The molecule has 8 N–H and O–H groups in total. The number of nitrogens with one attached hydrogen (secondary N) is 1. The Balaban J connectivity index is 0.000000170. The molecule has 0 aliphatic carbocycles. The number of morpholine rings is 2. The van der Waals surface area contributed by atoms with Crippen molar-refractivity contribution in [3.8, 4) is 22.5 Å². The van der Waals surface area contributed by atoms with E-state index in [0.29, 0.717) is 45.5 Å². The number of carboxylic acids is 1. The van der Waals surface area contributed by atoms with Crippen molar-refractivity contribution in [2.75, 3.05) is 126 Å². The molecule has 4 fully saturated rings. The van der Waals surface area contributed by atoms with E-state index in [1.807, 2.05) is 0 Å². The summed E-state index contributed by atoms with van der Waals surface area (Å²) < 4.78 is 13.1. The van der Waals surface area contributed by atoms with Crippen LogP contribution in [-0.2, 0) is 32.2 Å². The van der Waals surface area contributed by atoms with Crippen LogP contribution < -0.4 is 26.6 Å². The number of hydrogen-bond donors (Lipinski definition) is 6. The number of nitrogens with zero attached hydrogens (tertiary/aromatic N) is 13. The first kappa shape index (κ1) is 51.5. The summed E-state index contributed by atoms with van der Waals surface area (Å²) in [5.41, 5.74) is 16.1. The topological polar surface area (TPSA) is 297 Å². The number of amides is 1. The van der Waals surface area contributed by atoms with E-state index in [1.54, 1.807) is 52.4 Å². The number of fused-ring (bicyclic) bond motifs is 2. The molecule has 6 aromatic rings. The largest absolute Gasteiger partial charge is 0.479 e. The zero-order chi connectivity index (χ0) is 50.3. The van der Waals surface area contributed by atoms with Crippen LogP contribution >= 0.6 is 22.7 Å². The summed E-state index contributed by atoms with van der Waals surface area (Å²) in [5, 5.41) is 34.3. The van der Waals surface area contributed by atoms with Gasteiger partial charge in [0.15, 0.2) is 5.60 Å². The molecule has 380 valence electrons. The van der Waals surface area contributed by atoms with E-state index in [-0.39, 0.29) is 17.8 Å². The van der Waals surface area contributed by atoms with Crippen molar-refractivity contribution in [1.82, 2.24) is 59.9 Å². The van der Waals surface area contributed by atoms with Gasteiger partial charge in [0.25, 0.3) is 5.91 Å². The van der Waals surface area contributed by atoms with Crippen LogP contribution in [0.25, 0.3) is 42.9 Å². The monoisotopic (exact) mass is 1010 g/mol. The number of nitrogen functional groups attached to an aromatic ring is 2. The zero-order valence-corrected chi connectivity index (χ0v) is 42.1. The predicted octanol–water partition coefficient (Wildman–Crippen LogP) is 1.80. The summed E-state index contributed by atoms with van der Waals surface area (Å²) in [4.78, 5) is 69.5. The highest BCUT2D eigenvalue weighted by Crippen LogP contribution is 2.37. The molecule has 10 heterocycles. The minimum atomic E-state index is -1.58. The normalized spacial score (nSPS) is 17.4. The Morgan fingerprint density at radius 3 is 1.39 bits per heavy atom. The van der Waals surface area contributed by atoms with Crippen molar-refractivity contribution in [2.45, 2.75) is 52.0 Å². The maximum atomic E-state index is 12.4. The van der Waals surface area contributed by atoms with E-state index >= 15 is 0 Å². The van der Waals surface area contributed by atoms with E-state index in [9.17, 15) is 14.7 Å². The van der Waals surface area contributed by atoms with E-state index in [1.165, 1.54) is 33.3 Å². The Kier molecular flexibility index (Phi) is 16.4. The highest BCUT2D eigenvalue weighted by molar-refractivity contribution is 7.18. The molecule has 0 bridgehead atoms. The van der Waals surface area contributed by atoms with Crippen LogP contribution in [0.5, 0.6) is 0 Å². The molecule has 4 saturated heterocycles. The van der Waals surface area contributed by atoms with Gasteiger partial charge in [0.05, 0.1) is 58.2 Å². The highest BCUT2D eigenvalue weighted by atomic mass is 32.1. The molecule has 6 aromatic heterocycles. The lowest BCUT2D eigenvalue weighted by Gasteiger charge is -2.37. The number of piperazine rings is 2. The number of thiophene rings is 2. The minimum Gasteiger partial charge on any atom is -0.479 e. The molecule has 4 aliphatic rings. The minimum absolute atomic E-state index is 0.224. The summed E-state index contributed by atoms with van der Waals surface area (Å²) in [7, 11) is 0. The summed E-state index contributed by atoms with van der Waals surface area (Å²) in [5.74, 6) is 0.476. The van der Waals surface area contributed by atoms with Crippen molar-refractivity contribution in [3.05, 3.63) is 46.7 Å². The lowest BCUT2D eigenvalue weighted by atomic mass is 10.1. The van der Waals surface area contributed by atoms with Crippen LogP contribution in [0.1, 0.15) is 38.8 Å². The number of hydrogen-bond acceptors (Lipinski definition) is 23. The van der Waals surface area contributed by atoms with Gasteiger partial charge in [-0.05, 0) is 38.5 Å². The van der Waals surface area contributed by atoms with Crippen LogP contribution in [0, 0.1) is 0 Å². The number of anilines is 4. The van der Waals surface area contributed by atoms with Crippen molar-refractivity contribution in [1.29, 1.82) is 0 Å². The molecule has 25 heteroatoms. The van der Waals surface area contributed by atoms with E-state index in [2.05, 4.69) is 55.6 Å². The Morgan fingerprint density at radius 2 is 1.01 bits per heavy atom. The Bertz CT molecular complexity index is 2740. The maximum Gasteiger partial charge on any atom is 0.335 e. The fourth-order valence-electron chi connectivity index (χ4n) is 8.10. The first-order valence-corrected chi connectivity index (χ1v) is 25.3. The van der Waals surface area contributed by atoms with Crippen molar-refractivity contribution >= 4 is 78.8 Å². The average Bonchev–Trinajstić information content (AvgIpc) is 3.98. The molecule has 1 amide bonds. The fourth-order valence-corrected chi connectivity index (χ4v) is 10.1. The molecule has 0 spiro atoms. The van der Waals surface area contributed by atoms with E-state index in [4.69, 9.17) is 51.1 Å². The number of rotatable bonds is 10. The maximum absolute atomic E-state index is 12.4. The standard InChI is InChI=1S/C23H30N8O3S.C19H24N8OS.C4H8O3/c1-23(2,33)20(32)30-5-3-29(4-6-30)13-16-14-35-19-17(15-11-25-21(24)26-12-15)27-22(28-18(16)19)31-7-9-34-10-8-31;20-18-22-9-13(10-23-18)15-17-16(25-19(24-15)27-5-7-28-8-6-27)14(12-29-17)11-26-3-1-21-2-4-26;1-4(2,7)3(5)6/h11-12,14,33H,3-10,13H2,1-2H3,(H2,24,25,26);9-10,12,21H,1-8,11H2,(H2,20,22,23);7H,1-2H3,(H,5,6). The highest BCUT2D eigenvalue weighted by Gasteiger charge is 2.32. The van der Waals surface area contributed by atoms with Gasteiger partial charge >= 0.3 is 5.97 Å². The third-order valence-corrected chi connectivity index (χ3v) is 14.2. The van der Waals surface area contributed by atoms with Gasteiger partial charge in [-0.25, -0.2) is 44.7 Å². The van der Waals surface area contributed by atoms with Gasteiger partial charge < -0.3 is 56.3 Å². The van der Waals surface area contributed by atoms with Gasteiger partial charge in [-0.2, -0.15) is 0 Å². The van der Waals surface area contributed by atoms with Crippen molar-refractivity contribution in [2.24, 2.45) is 0 Å². The molecule has 10 rings (SSSR count). The molecule has 0 atom stereocenters. The smallest absolute Gasteiger partial charge is 0.335 e. The number of carbonyl (C=O) groups excluding carboxylic acids is 1. The van der Waals surface area contributed by atoms with Crippen LogP contribution in [0.15, 0.2) is 35.5 Å². The molecular formula is C46H62N16O7S2. The summed E-state index contributed by atoms with van der Waals surface area (Å²) in [6.45, 7) is 19.7. The average molecular weight is 1020 g/mol. The lowest BCUT2D eigenvalue weighted by Crippen LogP contribution is -2.53. The quantitative estimate of drug-likeness (QED) is 0.114. The predicted molar refractivity (Wildman–Crippen MR) is 272 cm³/mol. The third-order valence-electron chi connectivity index (χ3n) is 12.1. The van der Waals surface area contributed by atoms with Crippen LogP contribution in [0.3, 0.4) is 0 Å². The van der Waals surface area contributed by atoms with Crippen molar-refractivity contribution in [3.63, 3.8) is 0 Å². The Labute approximate surface area is 418 Å². The molecule has 0 saturated carbocycles. The van der Waals surface area contributed by atoms with Crippen LogP contribution in [-0.4, -0.2) is 198 Å².